The molecule has 4 rings (SSSR count). The Bertz CT molecular complexity index is 1390. The Morgan fingerprint density at radius 2 is 1.64 bits per heavy atom. The van der Waals surface area contributed by atoms with E-state index in [1.165, 1.54) is 14.2 Å². The molecule has 44 heavy (non-hydrogen) atoms. The normalized spacial score (nSPS) is 17.1. The van der Waals surface area contributed by atoms with Gasteiger partial charge in [-0.1, -0.05) is 19.3 Å². The van der Waals surface area contributed by atoms with Crippen LogP contribution in [-0.2, 0) is 26.2 Å². The number of methoxy groups -OCH3 is 2. The monoisotopic (exact) mass is 612 g/mol. The molecule has 0 radical (unpaired) electrons. The quantitative estimate of drug-likeness (QED) is 0.337. The van der Waals surface area contributed by atoms with Crippen LogP contribution < -0.4 is 20.7 Å². The number of benzene rings is 1. The number of aromatic nitrogens is 1. The van der Waals surface area contributed by atoms with Gasteiger partial charge in [-0.2, -0.15) is 0 Å². The van der Waals surface area contributed by atoms with Gasteiger partial charge >= 0.3 is 5.97 Å². The molecular formula is C31H44N6O7. The Morgan fingerprint density at radius 1 is 0.977 bits per heavy atom. The minimum atomic E-state index is -0.614. The molecule has 2 atom stereocenters. The van der Waals surface area contributed by atoms with Crippen LogP contribution in [0.5, 0.6) is 5.75 Å². The van der Waals surface area contributed by atoms with E-state index < -0.39 is 24.0 Å². The van der Waals surface area contributed by atoms with Gasteiger partial charge < -0.3 is 39.8 Å². The first-order chi connectivity index (χ1) is 21.1. The fourth-order valence-corrected chi connectivity index (χ4v) is 6.07. The molecule has 1 saturated carbocycles. The molecule has 4 amide bonds. The van der Waals surface area contributed by atoms with Gasteiger partial charge in [0.05, 0.1) is 31.3 Å². The van der Waals surface area contributed by atoms with E-state index in [9.17, 15) is 24.0 Å². The van der Waals surface area contributed by atoms with Crippen LogP contribution in [0.25, 0.3) is 10.9 Å². The van der Waals surface area contributed by atoms with Crippen molar-refractivity contribution in [3.8, 4) is 5.75 Å². The summed E-state index contributed by atoms with van der Waals surface area (Å²) in [7, 11) is 6.17. The molecular weight excluding hydrogens is 568 g/mol. The van der Waals surface area contributed by atoms with Crippen molar-refractivity contribution in [1.82, 2.24) is 30.3 Å². The second-order valence-corrected chi connectivity index (χ2v) is 11.4. The first-order valence-electron chi connectivity index (χ1n) is 15.2. The van der Waals surface area contributed by atoms with Gasteiger partial charge in [-0.3, -0.25) is 24.0 Å². The molecule has 1 aliphatic heterocycles. The molecule has 2 fully saturated rings. The molecule has 1 saturated heterocycles. The molecule has 13 nitrogen and oxygen atoms in total. The Morgan fingerprint density at radius 3 is 2.25 bits per heavy atom. The maximum Gasteiger partial charge on any atom is 0.325 e. The van der Waals surface area contributed by atoms with Crippen LogP contribution in [0.2, 0.25) is 0 Å². The van der Waals surface area contributed by atoms with E-state index in [1.54, 1.807) is 53.6 Å². The second kappa shape index (κ2) is 14.6. The molecule has 0 bridgehead atoms. The zero-order valence-corrected chi connectivity index (χ0v) is 26.2. The summed E-state index contributed by atoms with van der Waals surface area (Å²) in [6, 6.07) is 4.12. The highest BCUT2D eigenvalue weighted by atomic mass is 16.5. The van der Waals surface area contributed by atoms with Crippen molar-refractivity contribution in [1.29, 1.82) is 0 Å². The summed E-state index contributed by atoms with van der Waals surface area (Å²) in [5, 5.41) is 9.03. The van der Waals surface area contributed by atoms with Gasteiger partial charge in [-0.05, 0) is 44.9 Å². The average molecular weight is 613 g/mol. The summed E-state index contributed by atoms with van der Waals surface area (Å²) >= 11 is 0. The number of hydrogen-bond acceptors (Lipinski definition) is 8. The van der Waals surface area contributed by atoms with Crippen molar-refractivity contribution >= 4 is 40.5 Å². The van der Waals surface area contributed by atoms with Crippen molar-refractivity contribution in [2.75, 3.05) is 54.0 Å². The number of carbonyl (C=O) groups excluding carboxylic acids is 5. The van der Waals surface area contributed by atoms with Gasteiger partial charge in [0.2, 0.25) is 11.8 Å². The number of hydrogen-bond donors (Lipinski definition) is 3. The van der Waals surface area contributed by atoms with E-state index in [0.717, 1.165) is 32.1 Å². The summed E-state index contributed by atoms with van der Waals surface area (Å²) in [6.07, 6.45) is 4.95. The number of likely N-dealkylation sites (N-methyl/N-ethyl adjacent to an activating group) is 1. The number of aryl methyl sites for hydroxylation is 1. The number of fused-ring (bicyclic) bond motifs is 1. The fourth-order valence-electron chi connectivity index (χ4n) is 6.07. The largest absolute Gasteiger partial charge is 0.497 e. The zero-order valence-electron chi connectivity index (χ0n) is 26.2. The lowest BCUT2D eigenvalue weighted by Gasteiger charge is -2.39. The van der Waals surface area contributed by atoms with Gasteiger partial charge in [0, 0.05) is 44.7 Å². The van der Waals surface area contributed by atoms with E-state index in [4.69, 9.17) is 4.74 Å². The van der Waals surface area contributed by atoms with Crippen LogP contribution in [0.4, 0.5) is 0 Å². The summed E-state index contributed by atoms with van der Waals surface area (Å²) in [4.78, 5) is 69.0. The molecule has 1 aromatic heterocycles. The third kappa shape index (κ3) is 6.98. The molecule has 13 heteroatoms. The number of piperazine rings is 1. The van der Waals surface area contributed by atoms with Gasteiger partial charge in [0.25, 0.3) is 11.8 Å². The van der Waals surface area contributed by atoms with E-state index in [0.29, 0.717) is 29.7 Å². The lowest BCUT2D eigenvalue weighted by atomic mass is 9.83. The van der Waals surface area contributed by atoms with Gasteiger partial charge in [0.15, 0.2) is 0 Å². The van der Waals surface area contributed by atoms with Crippen LogP contribution in [0.3, 0.4) is 0 Å². The molecule has 1 unspecified atom stereocenters. The third-order valence-electron chi connectivity index (χ3n) is 8.85. The first-order valence-corrected chi connectivity index (χ1v) is 15.2. The number of rotatable bonds is 10. The van der Waals surface area contributed by atoms with E-state index in [1.807, 2.05) is 0 Å². The highest BCUT2D eigenvalue weighted by molar-refractivity contribution is 6.16. The molecule has 2 heterocycles. The first kappa shape index (κ1) is 32.8. The van der Waals surface area contributed by atoms with Crippen molar-refractivity contribution in [3.63, 3.8) is 0 Å². The highest BCUT2D eigenvalue weighted by Crippen LogP contribution is 2.31. The van der Waals surface area contributed by atoms with Gasteiger partial charge in [-0.25, -0.2) is 0 Å². The summed E-state index contributed by atoms with van der Waals surface area (Å²) in [6.45, 7) is 2.53. The molecule has 0 spiro atoms. The predicted octanol–water partition coefficient (Wildman–Crippen LogP) is 1.05. The van der Waals surface area contributed by atoms with Crippen molar-refractivity contribution in [2.24, 2.45) is 13.0 Å². The average Bonchev–Trinajstić information content (AvgIpc) is 3.36. The van der Waals surface area contributed by atoms with Crippen LogP contribution in [0.1, 0.15) is 59.9 Å². The van der Waals surface area contributed by atoms with Crippen LogP contribution in [-0.4, -0.2) is 110 Å². The van der Waals surface area contributed by atoms with Gasteiger partial charge in [-0.15, -0.1) is 0 Å². The van der Waals surface area contributed by atoms with E-state index in [-0.39, 0.29) is 54.5 Å². The summed E-state index contributed by atoms with van der Waals surface area (Å²) in [5.41, 5.74) is 0.937. The second-order valence-electron chi connectivity index (χ2n) is 11.4. The minimum Gasteiger partial charge on any atom is -0.497 e. The molecule has 1 aromatic carbocycles. The molecule has 3 N–H and O–H groups in total. The summed E-state index contributed by atoms with van der Waals surface area (Å²) < 4.78 is 11.7. The van der Waals surface area contributed by atoms with Crippen molar-refractivity contribution in [2.45, 2.75) is 51.1 Å². The van der Waals surface area contributed by atoms with Crippen molar-refractivity contribution in [3.05, 3.63) is 29.5 Å². The number of esters is 1. The van der Waals surface area contributed by atoms with Crippen molar-refractivity contribution < 1.29 is 33.4 Å². The number of nitrogens with one attached hydrogen (secondary N) is 3. The van der Waals surface area contributed by atoms with Gasteiger partial charge in [0.1, 0.15) is 24.0 Å². The smallest absolute Gasteiger partial charge is 0.325 e. The zero-order chi connectivity index (χ0) is 32.0. The Kier molecular flexibility index (Phi) is 10.8. The van der Waals surface area contributed by atoms with Crippen LogP contribution >= 0.6 is 0 Å². The Balaban J connectivity index is 1.55. The maximum atomic E-state index is 14.0. The lowest BCUT2D eigenvalue weighted by molar-refractivity contribution is -0.140. The van der Waals surface area contributed by atoms with Crippen LogP contribution in [0.15, 0.2) is 18.2 Å². The van der Waals surface area contributed by atoms with Crippen LogP contribution in [0, 0.1) is 5.92 Å². The number of ether oxygens (including phenoxy) is 2. The highest BCUT2D eigenvalue weighted by Gasteiger charge is 2.37. The molecule has 240 valence electrons. The maximum absolute atomic E-state index is 14.0. The Labute approximate surface area is 257 Å². The molecule has 2 aliphatic rings. The van der Waals surface area contributed by atoms with E-state index in [2.05, 4.69) is 20.7 Å². The number of carbonyl (C=O) groups is 5. The lowest BCUT2D eigenvalue weighted by Crippen LogP contribution is -2.59. The third-order valence-corrected chi connectivity index (χ3v) is 8.85. The minimum absolute atomic E-state index is 0.0720. The Hall–Kier alpha value is -4.13. The predicted molar refractivity (Wildman–Crippen MR) is 163 cm³/mol. The standard InChI is InChI=1S/C31H44N6O7/c1-19(32-2)28(39)34-26(20-9-7-6-8-10-20)30(41)36-13-15-37(16-14-36)31(42)27-25(29(40)33-18-24(38)44-5)22-12-11-21(43-4)17-23(22)35(27)3/h11-12,17,19-20,26,32H,6-10,13-16,18H2,1-5H3,(H,33,40)(H,34,39)/t19-,26?/m0/s1. The SMILES string of the molecule is CN[C@@H](C)C(=O)NC(C(=O)N1CCN(C(=O)c2c(C(=O)NCC(=O)OC)c3ccc(OC)cc3n2C)CC1)C1CCCCC1. The number of nitrogens with zero attached hydrogens (tertiary/aromatic N) is 3. The van der Waals surface area contributed by atoms with E-state index >= 15 is 0 Å². The fraction of sp³-hybridized carbons (Fsp3) is 0.581. The molecule has 2 aromatic rings. The summed E-state index contributed by atoms with van der Waals surface area (Å²) in [5.74, 6) is -1.26. The topological polar surface area (TPSA) is 151 Å². The number of amides is 4. The molecule has 1 aliphatic carbocycles.